The van der Waals surface area contributed by atoms with Crippen molar-refractivity contribution >= 4 is 46.5 Å². The molecule has 0 saturated heterocycles. The average Bonchev–Trinajstić information content (AvgIpc) is 2.76. The molecule has 0 radical (unpaired) electrons. The lowest BCUT2D eigenvalue weighted by Crippen LogP contribution is -2.17. The lowest BCUT2D eigenvalue weighted by atomic mass is 10.2. The van der Waals surface area contributed by atoms with Gasteiger partial charge in [-0.15, -0.1) is 0 Å². The van der Waals surface area contributed by atoms with E-state index in [9.17, 15) is 18.0 Å². The maximum atomic E-state index is 12.9. The molecule has 0 bridgehead atoms. The van der Waals surface area contributed by atoms with Gasteiger partial charge in [-0.05, 0) is 36.4 Å². The number of carboxylic acid groups (broad SMARTS) is 1. The number of anilines is 3. The first-order valence-corrected chi connectivity index (χ1v) is 9.31. The lowest BCUT2D eigenvalue weighted by molar-refractivity contribution is -0.141. The summed E-state index contributed by atoms with van der Waals surface area (Å²) in [6.07, 6.45) is -4.40. The second-order valence-electron chi connectivity index (χ2n) is 6.04. The Hall–Kier alpha value is -4.06. The molecular weight excluding hydrogens is 484 g/mol. The van der Waals surface area contributed by atoms with Crippen LogP contribution in [0, 0.1) is 22.7 Å². The molecule has 0 aliphatic heterocycles. The number of nitrogen functional groups attached to an aromatic ring is 1. The number of hydrogen-bond donors (Lipinski definition) is 3. The van der Waals surface area contributed by atoms with E-state index in [0.29, 0.717) is 22.5 Å². The average molecular weight is 495 g/mol. The van der Waals surface area contributed by atoms with E-state index in [1.165, 1.54) is 18.2 Å². The van der Waals surface area contributed by atoms with Gasteiger partial charge < -0.3 is 16.2 Å². The van der Waals surface area contributed by atoms with Gasteiger partial charge in [0.1, 0.15) is 17.7 Å². The van der Waals surface area contributed by atoms with Crippen LogP contribution in [0.1, 0.15) is 27.2 Å². The lowest BCUT2D eigenvalue weighted by Gasteiger charge is -2.11. The predicted octanol–water partition coefficient (Wildman–Crippen LogP) is 5.26. The molecule has 1 heterocycles. The van der Waals surface area contributed by atoms with E-state index in [-0.39, 0.29) is 16.3 Å². The number of rotatable bonds is 3. The van der Waals surface area contributed by atoms with E-state index in [2.05, 4.69) is 15.3 Å². The van der Waals surface area contributed by atoms with Crippen molar-refractivity contribution in [3.8, 4) is 12.1 Å². The minimum Gasteiger partial charge on any atom is -0.478 e. The number of nitrogens with two attached hydrogens (primary N) is 1. The molecule has 0 atom stereocenters. The van der Waals surface area contributed by atoms with Gasteiger partial charge in [-0.25, -0.2) is 14.8 Å². The fourth-order valence-electron chi connectivity index (χ4n) is 2.26. The molecule has 13 heteroatoms. The molecule has 0 spiro atoms. The number of hydrogen-bond acceptors (Lipinski definition) is 7. The highest BCUT2D eigenvalue weighted by Gasteiger charge is 2.38. The van der Waals surface area contributed by atoms with Gasteiger partial charge in [-0.1, -0.05) is 23.2 Å². The van der Waals surface area contributed by atoms with E-state index in [4.69, 9.17) is 44.6 Å². The van der Waals surface area contributed by atoms with E-state index >= 15 is 0 Å². The molecule has 2 aromatic carbocycles. The van der Waals surface area contributed by atoms with E-state index in [1.807, 2.05) is 12.1 Å². The molecule has 0 amide bonds. The first-order valence-electron chi connectivity index (χ1n) is 8.55. The molecule has 168 valence electrons. The van der Waals surface area contributed by atoms with Crippen LogP contribution < -0.4 is 11.1 Å². The Kier molecular flexibility index (Phi) is 8.02. The second-order valence-corrected chi connectivity index (χ2v) is 6.86. The molecule has 33 heavy (non-hydrogen) atoms. The number of nitrogens with zero attached hydrogens (tertiary/aromatic N) is 4. The van der Waals surface area contributed by atoms with Crippen molar-refractivity contribution in [3.05, 3.63) is 75.0 Å². The number of aromatic nitrogens is 2. The molecule has 3 rings (SSSR count). The highest BCUT2D eigenvalue weighted by atomic mass is 35.5. The van der Waals surface area contributed by atoms with Crippen molar-refractivity contribution in [1.82, 2.24) is 9.97 Å². The van der Waals surface area contributed by atoms with E-state index in [1.54, 1.807) is 18.2 Å². The van der Waals surface area contributed by atoms with E-state index in [0.717, 1.165) is 0 Å². The summed E-state index contributed by atoms with van der Waals surface area (Å²) in [6, 6.07) is 12.6. The third-order valence-corrected chi connectivity index (χ3v) is 4.40. The van der Waals surface area contributed by atoms with Crippen LogP contribution in [0.25, 0.3) is 0 Å². The Morgan fingerprint density at radius 2 is 1.64 bits per heavy atom. The van der Waals surface area contributed by atoms with Crippen molar-refractivity contribution in [1.29, 1.82) is 10.5 Å². The van der Waals surface area contributed by atoms with Crippen LogP contribution in [0.2, 0.25) is 10.0 Å². The van der Waals surface area contributed by atoms with Crippen molar-refractivity contribution < 1.29 is 23.1 Å². The topological polar surface area (TPSA) is 149 Å². The summed E-state index contributed by atoms with van der Waals surface area (Å²) in [5.74, 6) is -2.25. The quantitative estimate of drug-likeness (QED) is 0.417. The molecule has 4 N–H and O–H groups in total. The summed E-state index contributed by atoms with van der Waals surface area (Å²) in [5.41, 5.74) is 4.07. The Morgan fingerprint density at radius 3 is 2.15 bits per heavy atom. The summed E-state index contributed by atoms with van der Waals surface area (Å²) < 4.78 is 38.6. The standard InChI is InChI=1S/C13H6ClF3N4O2.C7H5ClN2/c14-9-2-1-7(3-6(9)4-18)20-12-19-5-8(11(22)23)10(21-12)13(15,16)17;8-7-2-1-6(10)3-5(7)4-9/h1-3,5H,(H,22,23)(H,19,20,21);1-3H,10H2. The molecule has 1 aromatic heterocycles. The van der Waals surface area contributed by atoms with Crippen LogP contribution in [0.3, 0.4) is 0 Å². The van der Waals surface area contributed by atoms with Crippen molar-refractivity contribution in [2.45, 2.75) is 6.18 Å². The molecule has 0 saturated carbocycles. The smallest absolute Gasteiger partial charge is 0.434 e. The van der Waals surface area contributed by atoms with Gasteiger partial charge in [0, 0.05) is 17.6 Å². The second kappa shape index (κ2) is 10.5. The summed E-state index contributed by atoms with van der Waals surface area (Å²) in [4.78, 5) is 17.5. The van der Waals surface area contributed by atoms with Crippen molar-refractivity contribution in [2.24, 2.45) is 0 Å². The monoisotopic (exact) mass is 494 g/mol. The number of alkyl halides is 3. The fraction of sp³-hybridized carbons (Fsp3) is 0.0500. The van der Waals surface area contributed by atoms with Crippen LogP contribution in [0.15, 0.2) is 42.6 Å². The Morgan fingerprint density at radius 1 is 1.06 bits per heavy atom. The van der Waals surface area contributed by atoms with Gasteiger partial charge in [0.25, 0.3) is 0 Å². The highest BCUT2D eigenvalue weighted by Crippen LogP contribution is 2.31. The molecule has 0 aliphatic carbocycles. The zero-order valence-electron chi connectivity index (χ0n) is 16.2. The summed E-state index contributed by atoms with van der Waals surface area (Å²) in [7, 11) is 0. The minimum atomic E-state index is -4.95. The number of carbonyl (C=O) groups is 1. The highest BCUT2D eigenvalue weighted by molar-refractivity contribution is 6.32. The van der Waals surface area contributed by atoms with Gasteiger partial charge in [-0.2, -0.15) is 23.7 Å². The van der Waals surface area contributed by atoms with Crippen LogP contribution >= 0.6 is 23.2 Å². The van der Waals surface area contributed by atoms with Crippen LogP contribution in [-0.4, -0.2) is 21.0 Å². The SMILES string of the molecule is N#Cc1cc(N)ccc1Cl.N#Cc1cc(Nc2ncc(C(=O)O)c(C(F)(F)F)n2)ccc1Cl. The Labute approximate surface area is 194 Å². The fourth-order valence-corrected chi connectivity index (χ4v) is 2.58. The number of carboxylic acids is 1. The van der Waals surface area contributed by atoms with Gasteiger partial charge in [0.05, 0.1) is 21.2 Å². The van der Waals surface area contributed by atoms with Crippen LogP contribution in [0.4, 0.5) is 30.5 Å². The van der Waals surface area contributed by atoms with Gasteiger partial charge in [0.15, 0.2) is 5.69 Å². The summed E-state index contributed by atoms with van der Waals surface area (Å²) >= 11 is 11.4. The van der Waals surface area contributed by atoms with Gasteiger partial charge in [0.2, 0.25) is 5.95 Å². The number of nitrogens with one attached hydrogen (secondary N) is 1. The molecule has 3 aromatic rings. The number of halogens is 5. The van der Waals surface area contributed by atoms with Crippen molar-refractivity contribution in [3.63, 3.8) is 0 Å². The number of benzene rings is 2. The Bertz CT molecular complexity index is 1290. The zero-order valence-corrected chi connectivity index (χ0v) is 17.7. The Balaban J connectivity index is 0.000000321. The molecule has 8 nitrogen and oxygen atoms in total. The molecular formula is C20H11Cl2F3N6O2. The predicted molar refractivity (Wildman–Crippen MR) is 114 cm³/mol. The summed E-state index contributed by atoms with van der Waals surface area (Å²) in [6.45, 7) is 0. The van der Waals surface area contributed by atoms with Crippen molar-refractivity contribution in [2.75, 3.05) is 11.1 Å². The van der Waals surface area contributed by atoms with Crippen LogP contribution in [0.5, 0.6) is 0 Å². The van der Waals surface area contributed by atoms with Gasteiger partial charge >= 0.3 is 12.1 Å². The number of nitriles is 2. The normalized spacial score (nSPS) is 10.3. The minimum absolute atomic E-state index is 0.106. The first kappa shape index (κ1) is 25.2. The molecule has 0 unspecified atom stereocenters. The largest absolute Gasteiger partial charge is 0.478 e. The number of aromatic carboxylic acids is 1. The zero-order chi connectivity index (χ0) is 24.8. The van der Waals surface area contributed by atoms with Gasteiger partial charge in [-0.3, -0.25) is 0 Å². The molecule has 0 aliphatic rings. The first-order chi connectivity index (χ1) is 15.5. The maximum Gasteiger partial charge on any atom is 0.434 e. The third-order valence-electron chi connectivity index (χ3n) is 3.74. The van der Waals surface area contributed by atoms with E-state index < -0.39 is 29.4 Å². The third kappa shape index (κ3) is 6.71. The maximum absolute atomic E-state index is 12.9. The summed E-state index contributed by atoms with van der Waals surface area (Å²) in [5, 5.41) is 29.1. The molecule has 0 fully saturated rings. The van der Waals surface area contributed by atoms with Crippen LogP contribution in [-0.2, 0) is 6.18 Å².